The van der Waals surface area contributed by atoms with Crippen molar-refractivity contribution in [1.29, 1.82) is 0 Å². The molecular weight excluding hydrogens is 269 g/mol. The summed E-state index contributed by atoms with van der Waals surface area (Å²) in [5, 5.41) is 0. The van der Waals surface area contributed by atoms with E-state index in [-0.39, 0.29) is 5.75 Å². The SMILES string of the molecule is CCCCCCCOc1ccccc1C(=O)C(F)(F)F. The molecule has 0 heterocycles. The highest BCUT2D eigenvalue weighted by atomic mass is 19.4. The molecule has 0 atom stereocenters. The third-order valence-corrected chi connectivity index (χ3v) is 2.89. The number of rotatable bonds is 8. The van der Waals surface area contributed by atoms with Crippen molar-refractivity contribution in [2.45, 2.75) is 45.2 Å². The average molecular weight is 288 g/mol. The van der Waals surface area contributed by atoms with Gasteiger partial charge in [-0.1, -0.05) is 44.7 Å². The first kappa shape index (κ1) is 16.5. The third-order valence-electron chi connectivity index (χ3n) is 2.89. The smallest absolute Gasteiger partial charge is 0.455 e. The van der Waals surface area contributed by atoms with Gasteiger partial charge < -0.3 is 4.74 Å². The fourth-order valence-electron chi connectivity index (χ4n) is 1.82. The Morgan fingerprint density at radius 3 is 2.40 bits per heavy atom. The molecule has 0 aromatic heterocycles. The lowest BCUT2D eigenvalue weighted by Crippen LogP contribution is -2.23. The zero-order chi connectivity index (χ0) is 15.0. The predicted molar refractivity (Wildman–Crippen MR) is 71.1 cm³/mol. The number of halogens is 3. The van der Waals surface area contributed by atoms with E-state index in [1.54, 1.807) is 6.07 Å². The van der Waals surface area contributed by atoms with Gasteiger partial charge in [0.1, 0.15) is 5.75 Å². The van der Waals surface area contributed by atoms with E-state index in [2.05, 4.69) is 6.92 Å². The minimum absolute atomic E-state index is 0.00492. The molecule has 0 saturated carbocycles. The number of alkyl halides is 3. The Morgan fingerprint density at radius 1 is 1.10 bits per heavy atom. The second kappa shape index (κ2) is 7.92. The van der Waals surface area contributed by atoms with Gasteiger partial charge in [-0.3, -0.25) is 4.79 Å². The summed E-state index contributed by atoms with van der Waals surface area (Å²) in [6, 6.07) is 5.49. The molecule has 0 amide bonds. The standard InChI is InChI=1S/C15H19F3O2/c1-2-3-4-5-8-11-20-13-10-7-6-9-12(13)14(19)15(16,17)18/h6-7,9-10H,2-5,8,11H2,1H3. The van der Waals surface area contributed by atoms with Crippen molar-refractivity contribution >= 4 is 5.78 Å². The number of para-hydroxylation sites is 1. The molecule has 0 radical (unpaired) electrons. The van der Waals surface area contributed by atoms with Gasteiger partial charge in [-0.05, 0) is 18.6 Å². The van der Waals surface area contributed by atoms with Gasteiger partial charge in [0.05, 0.1) is 12.2 Å². The third kappa shape index (κ3) is 5.23. The topological polar surface area (TPSA) is 26.3 Å². The van der Waals surface area contributed by atoms with E-state index in [0.29, 0.717) is 6.61 Å². The van der Waals surface area contributed by atoms with E-state index < -0.39 is 17.5 Å². The molecule has 2 nitrogen and oxygen atoms in total. The number of ether oxygens (including phenoxy) is 1. The first-order valence-corrected chi connectivity index (χ1v) is 6.80. The summed E-state index contributed by atoms with van der Waals surface area (Å²) in [5.41, 5.74) is -0.423. The molecule has 0 saturated heterocycles. The quantitative estimate of drug-likeness (QED) is 0.508. The number of Topliss-reactive ketones (excluding diaryl/α,β-unsaturated/α-hetero) is 1. The van der Waals surface area contributed by atoms with E-state index in [9.17, 15) is 18.0 Å². The van der Waals surface area contributed by atoms with Crippen LogP contribution in [0.2, 0.25) is 0 Å². The first-order chi connectivity index (χ1) is 9.46. The van der Waals surface area contributed by atoms with Crippen LogP contribution in [0.25, 0.3) is 0 Å². The summed E-state index contributed by atoms with van der Waals surface area (Å²) in [5.74, 6) is -1.86. The van der Waals surface area contributed by atoms with Crippen molar-refractivity contribution in [3.8, 4) is 5.75 Å². The molecule has 5 heteroatoms. The second-order valence-electron chi connectivity index (χ2n) is 4.59. The fraction of sp³-hybridized carbons (Fsp3) is 0.533. The number of hydrogen-bond donors (Lipinski definition) is 0. The Morgan fingerprint density at radius 2 is 1.75 bits per heavy atom. The van der Waals surface area contributed by atoms with Crippen LogP contribution in [-0.2, 0) is 0 Å². The van der Waals surface area contributed by atoms with E-state index in [1.807, 2.05) is 0 Å². The molecule has 1 aromatic carbocycles. The lowest BCUT2D eigenvalue weighted by Gasteiger charge is -2.12. The zero-order valence-electron chi connectivity index (χ0n) is 11.5. The Bertz CT molecular complexity index is 427. The van der Waals surface area contributed by atoms with Gasteiger partial charge in [-0.25, -0.2) is 0 Å². The molecule has 0 fully saturated rings. The Hall–Kier alpha value is -1.52. The van der Waals surface area contributed by atoms with Crippen LogP contribution < -0.4 is 4.74 Å². The number of carbonyl (C=O) groups excluding carboxylic acids is 1. The van der Waals surface area contributed by atoms with Crippen LogP contribution in [0.5, 0.6) is 5.75 Å². The minimum Gasteiger partial charge on any atom is -0.493 e. The van der Waals surface area contributed by atoms with Crippen molar-refractivity contribution in [3.63, 3.8) is 0 Å². The van der Waals surface area contributed by atoms with Crippen molar-refractivity contribution < 1.29 is 22.7 Å². The van der Waals surface area contributed by atoms with Gasteiger partial charge in [0, 0.05) is 0 Å². The van der Waals surface area contributed by atoms with Gasteiger partial charge in [-0.15, -0.1) is 0 Å². The van der Waals surface area contributed by atoms with Gasteiger partial charge in [0.2, 0.25) is 0 Å². The minimum atomic E-state index is -4.87. The maximum Gasteiger partial charge on any atom is 0.455 e. The van der Waals surface area contributed by atoms with Crippen LogP contribution in [0.3, 0.4) is 0 Å². The Kier molecular flexibility index (Phi) is 6.55. The summed E-state index contributed by atoms with van der Waals surface area (Å²) in [6.07, 6.45) is 0.230. The number of hydrogen-bond acceptors (Lipinski definition) is 2. The molecule has 0 bridgehead atoms. The Labute approximate surface area is 116 Å². The van der Waals surface area contributed by atoms with Gasteiger partial charge in [0.15, 0.2) is 0 Å². The normalized spacial score (nSPS) is 11.4. The van der Waals surface area contributed by atoms with Crippen LogP contribution in [0.1, 0.15) is 49.4 Å². The molecule has 1 aromatic rings. The van der Waals surface area contributed by atoms with Crippen molar-refractivity contribution in [2.24, 2.45) is 0 Å². The van der Waals surface area contributed by atoms with Crippen LogP contribution in [0.15, 0.2) is 24.3 Å². The molecule has 0 aliphatic carbocycles. The molecule has 0 spiro atoms. The molecule has 112 valence electrons. The number of carbonyl (C=O) groups is 1. The lowest BCUT2D eigenvalue weighted by atomic mass is 10.1. The second-order valence-corrected chi connectivity index (χ2v) is 4.59. The van der Waals surface area contributed by atoms with E-state index in [0.717, 1.165) is 38.2 Å². The van der Waals surface area contributed by atoms with Gasteiger partial charge in [0.25, 0.3) is 5.78 Å². The maximum atomic E-state index is 12.4. The number of benzene rings is 1. The van der Waals surface area contributed by atoms with Crippen LogP contribution >= 0.6 is 0 Å². The van der Waals surface area contributed by atoms with E-state index in [1.165, 1.54) is 12.1 Å². The van der Waals surface area contributed by atoms with Gasteiger partial charge in [-0.2, -0.15) is 13.2 Å². The Balaban J connectivity index is 2.56. The summed E-state index contributed by atoms with van der Waals surface area (Å²) in [6.45, 7) is 2.43. The van der Waals surface area contributed by atoms with Crippen LogP contribution in [-0.4, -0.2) is 18.6 Å². The van der Waals surface area contributed by atoms with Crippen molar-refractivity contribution in [1.82, 2.24) is 0 Å². The predicted octanol–water partition coefficient (Wildman–Crippen LogP) is 4.78. The van der Waals surface area contributed by atoms with Gasteiger partial charge >= 0.3 is 6.18 Å². The average Bonchev–Trinajstić information content (AvgIpc) is 2.41. The van der Waals surface area contributed by atoms with Crippen molar-refractivity contribution in [3.05, 3.63) is 29.8 Å². The van der Waals surface area contributed by atoms with Crippen LogP contribution in [0, 0.1) is 0 Å². The largest absolute Gasteiger partial charge is 0.493 e. The molecule has 1 rings (SSSR count). The van der Waals surface area contributed by atoms with Crippen molar-refractivity contribution in [2.75, 3.05) is 6.61 Å². The molecule has 0 unspecified atom stereocenters. The number of ketones is 1. The summed E-state index contributed by atoms with van der Waals surface area (Å²) < 4.78 is 42.6. The molecule has 0 aliphatic rings. The molecular formula is C15H19F3O2. The van der Waals surface area contributed by atoms with Crippen LogP contribution in [0.4, 0.5) is 13.2 Å². The highest BCUT2D eigenvalue weighted by molar-refractivity contribution is 6.02. The highest BCUT2D eigenvalue weighted by Gasteiger charge is 2.40. The molecule has 0 aliphatic heterocycles. The summed E-state index contributed by atoms with van der Waals surface area (Å²) in [4.78, 5) is 11.3. The zero-order valence-corrected chi connectivity index (χ0v) is 11.5. The first-order valence-electron chi connectivity index (χ1n) is 6.80. The summed E-state index contributed by atoms with van der Waals surface area (Å²) in [7, 11) is 0. The monoisotopic (exact) mass is 288 g/mol. The van der Waals surface area contributed by atoms with E-state index in [4.69, 9.17) is 4.74 Å². The summed E-state index contributed by atoms with van der Waals surface area (Å²) >= 11 is 0. The molecule has 0 N–H and O–H groups in total. The maximum absolute atomic E-state index is 12.4. The highest BCUT2D eigenvalue weighted by Crippen LogP contribution is 2.27. The number of unbranched alkanes of at least 4 members (excludes halogenated alkanes) is 4. The lowest BCUT2D eigenvalue weighted by molar-refractivity contribution is -0.0886. The molecule has 20 heavy (non-hydrogen) atoms. The van der Waals surface area contributed by atoms with E-state index >= 15 is 0 Å². The fourth-order valence-corrected chi connectivity index (χ4v) is 1.82.